The second-order valence-electron chi connectivity index (χ2n) is 15.4. The topological polar surface area (TPSA) is 298 Å². The highest BCUT2D eigenvalue weighted by Crippen LogP contribution is 2.39. The van der Waals surface area contributed by atoms with E-state index in [1.165, 1.54) is 41.5 Å². The van der Waals surface area contributed by atoms with Gasteiger partial charge < -0.3 is 40.9 Å². The number of carbonyl (C=O) groups is 8. The highest BCUT2D eigenvalue weighted by atomic mass is 16.4. The normalized spacial score (nSPS) is 11.3. The van der Waals surface area contributed by atoms with Gasteiger partial charge in [-0.1, -0.05) is 0 Å². The predicted molar refractivity (Wildman–Crippen MR) is 222 cm³/mol. The summed E-state index contributed by atoms with van der Waals surface area (Å²) in [6.45, 7) is 26.1. The Hall–Kier alpha value is -6.58. The number of rotatable bonds is 9. The van der Waals surface area contributed by atoms with Gasteiger partial charge in [-0.3, -0.25) is 9.59 Å². The molecule has 0 unspecified atom stereocenters. The molecule has 8 N–H and O–H groups in total. The number of fused-ring (bicyclic) bond motifs is 1. The number of carboxylic acids is 8. The van der Waals surface area contributed by atoms with Crippen molar-refractivity contribution < 1.29 is 79.2 Å². The largest absolute Gasteiger partial charge is 0.481 e. The Kier molecular flexibility index (Phi) is 17.7. The van der Waals surface area contributed by atoms with Gasteiger partial charge in [0, 0.05) is 16.5 Å². The lowest BCUT2D eigenvalue weighted by molar-refractivity contribution is -0.167. The summed E-state index contributed by atoms with van der Waals surface area (Å²) in [5.41, 5.74) is 4.84. The Bertz CT molecular complexity index is 2200. The molecule has 16 nitrogen and oxygen atoms in total. The third kappa shape index (κ3) is 10.7. The smallest absolute Gasteiger partial charge is 0.336 e. The SMILES string of the molecule is C/C(C(=O)O)=C(\C)C(=O)O.CC(C)(C(=O)O)C(C)(C)C(=O)O.Cc1c(C)c(C(=O)O)c2c(C(=O)O)c(C)c(C)c(C)c2c1C.Cc1c(C)c(C)c(C(=O)O)c(C(=O)O)c1C. The number of aliphatic carboxylic acids is 4. The van der Waals surface area contributed by atoms with Gasteiger partial charge in [-0.25, -0.2) is 28.8 Å². The van der Waals surface area contributed by atoms with Gasteiger partial charge >= 0.3 is 47.8 Å². The molecule has 0 atom stereocenters. The first-order valence-corrected chi connectivity index (χ1v) is 18.2. The number of benzene rings is 3. The summed E-state index contributed by atoms with van der Waals surface area (Å²) in [4.78, 5) is 87.4. The Morgan fingerprint density at radius 1 is 0.317 bits per heavy atom. The highest BCUT2D eigenvalue weighted by Gasteiger charge is 2.48. The van der Waals surface area contributed by atoms with Crippen LogP contribution < -0.4 is 0 Å². The Balaban J connectivity index is 0.000000813. The Labute approximate surface area is 347 Å². The van der Waals surface area contributed by atoms with E-state index < -0.39 is 58.6 Å². The molecule has 0 aromatic heterocycles. The van der Waals surface area contributed by atoms with Gasteiger partial charge in [0.1, 0.15) is 0 Å². The van der Waals surface area contributed by atoms with Crippen molar-refractivity contribution in [3.8, 4) is 0 Å². The predicted octanol–water partition coefficient (Wildman–Crippen LogP) is 8.10. The van der Waals surface area contributed by atoms with Crippen molar-refractivity contribution in [2.75, 3.05) is 0 Å². The van der Waals surface area contributed by atoms with Crippen molar-refractivity contribution in [2.45, 2.75) is 111 Å². The lowest BCUT2D eigenvalue weighted by Gasteiger charge is -2.33. The molecular weight excluding hydrogens is 784 g/mol. The van der Waals surface area contributed by atoms with Crippen molar-refractivity contribution in [3.05, 3.63) is 89.0 Å². The summed E-state index contributed by atoms with van der Waals surface area (Å²) >= 11 is 0. The van der Waals surface area contributed by atoms with E-state index in [9.17, 15) is 48.6 Å². The maximum atomic E-state index is 11.8. The van der Waals surface area contributed by atoms with Crippen LogP contribution in [0.25, 0.3) is 10.8 Å². The molecule has 0 bridgehead atoms. The zero-order valence-corrected chi connectivity index (χ0v) is 36.8. The summed E-state index contributed by atoms with van der Waals surface area (Å²) in [5.74, 6) is -9.15. The van der Waals surface area contributed by atoms with E-state index in [2.05, 4.69) is 0 Å². The van der Waals surface area contributed by atoms with Crippen LogP contribution in [0.1, 0.15) is 139 Å². The molecule has 0 aliphatic rings. The number of aryl methyl sites for hydroxylation is 2. The van der Waals surface area contributed by atoms with Crippen LogP contribution in [0, 0.1) is 80.1 Å². The van der Waals surface area contributed by atoms with Crippen LogP contribution in [0.2, 0.25) is 0 Å². The zero-order chi connectivity index (χ0) is 48.0. The molecule has 0 saturated carbocycles. The summed E-state index contributed by atoms with van der Waals surface area (Å²) in [7, 11) is 0. The van der Waals surface area contributed by atoms with Crippen LogP contribution in [-0.4, -0.2) is 88.6 Å². The molecule has 0 aliphatic carbocycles. The summed E-state index contributed by atoms with van der Waals surface area (Å²) in [6, 6.07) is 0. The van der Waals surface area contributed by atoms with Crippen LogP contribution in [0.3, 0.4) is 0 Å². The van der Waals surface area contributed by atoms with Crippen LogP contribution >= 0.6 is 0 Å². The lowest BCUT2D eigenvalue weighted by Crippen LogP contribution is -2.44. The van der Waals surface area contributed by atoms with Gasteiger partial charge in [0.05, 0.1) is 33.1 Å². The molecule has 0 saturated heterocycles. The molecule has 0 fully saturated rings. The van der Waals surface area contributed by atoms with Crippen molar-refractivity contribution >= 4 is 58.5 Å². The van der Waals surface area contributed by atoms with Crippen LogP contribution in [0.15, 0.2) is 11.1 Å². The van der Waals surface area contributed by atoms with E-state index in [-0.39, 0.29) is 33.4 Å². The number of aromatic carboxylic acids is 4. The molecule has 328 valence electrons. The van der Waals surface area contributed by atoms with E-state index in [1.807, 2.05) is 27.7 Å². The van der Waals surface area contributed by atoms with E-state index in [0.717, 1.165) is 38.8 Å². The first kappa shape index (κ1) is 53.4. The van der Waals surface area contributed by atoms with Crippen LogP contribution in [0.4, 0.5) is 0 Å². The molecule has 3 aromatic rings. The Morgan fingerprint density at radius 2 is 0.517 bits per heavy atom. The minimum Gasteiger partial charge on any atom is -0.481 e. The number of hydrogen-bond acceptors (Lipinski definition) is 8. The molecule has 3 aromatic carbocycles. The molecule has 0 heterocycles. The minimum absolute atomic E-state index is 0.0988. The zero-order valence-electron chi connectivity index (χ0n) is 36.8. The fourth-order valence-electron chi connectivity index (χ4n) is 5.96. The first-order chi connectivity index (χ1) is 27.0. The minimum atomic E-state index is -1.27. The molecule has 0 amide bonds. The molecule has 60 heavy (non-hydrogen) atoms. The summed E-state index contributed by atoms with van der Waals surface area (Å²) in [6.07, 6.45) is 0. The number of hydrogen-bond donors (Lipinski definition) is 8. The third-order valence-corrected chi connectivity index (χ3v) is 11.9. The Morgan fingerprint density at radius 3 is 0.700 bits per heavy atom. The fourth-order valence-corrected chi connectivity index (χ4v) is 5.96. The molecule has 0 aliphatic heterocycles. The monoisotopic (exact) mass is 840 g/mol. The van der Waals surface area contributed by atoms with E-state index in [1.54, 1.807) is 41.5 Å². The van der Waals surface area contributed by atoms with Crippen molar-refractivity contribution in [1.82, 2.24) is 0 Å². The number of carboxylic acid groups (broad SMARTS) is 8. The van der Waals surface area contributed by atoms with E-state index in [0.29, 0.717) is 27.6 Å². The van der Waals surface area contributed by atoms with Gasteiger partial charge in [0.15, 0.2) is 0 Å². The van der Waals surface area contributed by atoms with Crippen LogP contribution in [0.5, 0.6) is 0 Å². The second kappa shape index (κ2) is 19.9. The molecule has 3 rings (SSSR count). The van der Waals surface area contributed by atoms with Gasteiger partial charge in [0.2, 0.25) is 0 Å². The third-order valence-electron chi connectivity index (χ3n) is 11.9. The summed E-state index contributed by atoms with van der Waals surface area (Å²) < 4.78 is 0. The summed E-state index contributed by atoms with van der Waals surface area (Å²) in [5, 5.41) is 72.6. The molecular formula is C44H56O16. The van der Waals surface area contributed by atoms with Gasteiger partial charge in [-0.05, 0) is 172 Å². The van der Waals surface area contributed by atoms with Crippen molar-refractivity contribution in [1.29, 1.82) is 0 Å². The van der Waals surface area contributed by atoms with Gasteiger partial charge in [-0.2, -0.15) is 0 Å². The van der Waals surface area contributed by atoms with Gasteiger partial charge in [-0.15, -0.1) is 0 Å². The van der Waals surface area contributed by atoms with E-state index in [4.69, 9.17) is 30.6 Å². The second-order valence-corrected chi connectivity index (χ2v) is 15.4. The maximum Gasteiger partial charge on any atom is 0.336 e. The average molecular weight is 841 g/mol. The van der Waals surface area contributed by atoms with Crippen LogP contribution in [-0.2, 0) is 19.2 Å². The standard InChI is InChI=1S/C18H20O4.C12H14O4.C8H14O4.C6H8O4/c1-7-9(3)13-10(4)8(2)12(6)15(18(21)22)16(13)14(11(7)5)17(19)20;1-5-6(2)8(4)10(12(15)16)9(7(5)3)11(13)14;1-7(2,5(9)10)8(3,4)6(11)12;1-3(5(7)8)4(2)6(9)10/h1-6H3,(H,19,20)(H,21,22);1-4H3,(H,13,14)(H,15,16);1-4H3,(H,9,10)(H,11,12);1-2H3,(H,7,8)(H,9,10)/b;;;4-3-. The molecule has 0 spiro atoms. The quantitative estimate of drug-likeness (QED) is 0.0944. The first-order valence-electron chi connectivity index (χ1n) is 18.2. The fraction of sp³-hybridized carbons (Fsp3) is 0.409. The maximum absolute atomic E-state index is 11.8. The van der Waals surface area contributed by atoms with E-state index >= 15 is 0 Å². The van der Waals surface area contributed by atoms with Gasteiger partial charge in [0.25, 0.3) is 0 Å². The average Bonchev–Trinajstić information content (AvgIpc) is 3.12. The lowest BCUT2D eigenvalue weighted by atomic mass is 9.68. The van der Waals surface area contributed by atoms with Crippen molar-refractivity contribution in [3.63, 3.8) is 0 Å². The highest BCUT2D eigenvalue weighted by molar-refractivity contribution is 6.16. The molecule has 0 radical (unpaired) electrons. The molecule has 16 heteroatoms. The van der Waals surface area contributed by atoms with Crippen molar-refractivity contribution in [2.24, 2.45) is 10.8 Å².